The van der Waals surface area contributed by atoms with E-state index in [-0.39, 0.29) is 17.6 Å². The number of carbonyl (C=O) groups is 1. The lowest BCUT2D eigenvalue weighted by Gasteiger charge is -2.38. The van der Waals surface area contributed by atoms with Crippen molar-refractivity contribution in [3.63, 3.8) is 0 Å². The topological polar surface area (TPSA) is 90.6 Å². The third kappa shape index (κ3) is 3.99. The molecule has 0 unspecified atom stereocenters. The first-order valence-corrected chi connectivity index (χ1v) is 9.58. The van der Waals surface area contributed by atoms with Crippen LogP contribution in [0.5, 0.6) is 0 Å². The number of hydrogen-bond donors (Lipinski definition) is 2. The van der Waals surface area contributed by atoms with Gasteiger partial charge < -0.3 is 19.9 Å². The van der Waals surface area contributed by atoms with Gasteiger partial charge in [-0.25, -0.2) is 4.98 Å². The van der Waals surface area contributed by atoms with Crippen molar-refractivity contribution in [2.75, 3.05) is 46.4 Å². The van der Waals surface area contributed by atoms with Gasteiger partial charge in [-0.05, 0) is 7.05 Å². The molecule has 0 radical (unpaired) electrons. The number of ether oxygens (including phenoxy) is 1. The standard InChI is InChI=1S/C20H25N5O3/c1-24-7-9-25(10-8-24)17-13-28-12-16(17)22-19(26)15-11-21-18(23-20(15)27)14-5-3-2-4-6-14/h2-6,11,16-17H,7-10,12-13H2,1H3,(H,22,26)(H,21,23,27)/t16-,17-/m0/s1. The largest absolute Gasteiger partial charge is 0.378 e. The third-order valence-corrected chi connectivity index (χ3v) is 5.47. The van der Waals surface area contributed by atoms with Gasteiger partial charge in [-0.15, -0.1) is 0 Å². The third-order valence-electron chi connectivity index (χ3n) is 5.47. The molecule has 0 saturated carbocycles. The Balaban J connectivity index is 1.45. The minimum absolute atomic E-state index is 0.0173. The Kier molecular flexibility index (Phi) is 5.52. The molecule has 2 fully saturated rings. The monoisotopic (exact) mass is 383 g/mol. The van der Waals surface area contributed by atoms with Crippen LogP contribution in [0.25, 0.3) is 11.4 Å². The van der Waals surface area contributed by atoms with Crippen LogP contribution in [0.2, 0.25) is 0 Å². The van der Waals surface area contributed by atoms with Gasteiger partial charge in [0.25, 0.3) is 11.5 Å². The molecule has 3 heterocycles. The van der Waals surface area contributed by atoms with Crippen LogP contribution in [0.1, 0.15) is 10.4 Å². The number of amides is 1. The van der Waals surface area contributed by atoms with E-state index in [2.05, 4.69) is 32.1 Å². The number of benzene rings is 1. The van der Waals surface area contributed by atoms with E-state index in [4.69, 9.17) is 4.74 Å². The summed E-state index contributed by atoms with van der Waals surface area (Å²) in [5.41, 5.74) is 0.371. The number of nitrogens with zero attached hydrogens (tertiary/aromatic N) is 3. The lowest BCUT2D eigenvalue weighted by molar-refractivity contribution is 0.0828. The first-order chi connectivity index (χ1) is 13.6. The summed E-state index contributed by atoms with van der Waals surface area (Å²) in [5.74, 6) is 0.0321. The number of likely N-dealkylation sites (N-methyl/N-ethyl adjacent to an activating group) is 1. The summed E-state index contributed by atoms with van der Waals surface area (Å²) in [7, 11) is 2.11. The Morgan fingerprint density at radius 1 is 1.18 bits per heavy atom. The van der Waals surface area contributed by atoms with E-state index in [1.165, 1.54) is 6.20 Å². The fourth-order valence-corrected chi connectivity index (χ4v) is 3.74. The van der Waals surface area contributed by atoms with E-state index in [1.54, 1.807) is 0 Å². The van der Waals surface area contributed by atoms with E-state index in [0.717, 1.165) is 31.7 Å². The van der Waals surface area contributed by atoms with E-state index in [0.29, 0.717) is 19.0 Å². The number of hydrogen-bond acceptors (Lipinski definition) is 6. The summed E-state index contributed by atoms with van der Waals surface area (Å²) in [6.45, 7) is 4.95. The van der Waals surface area contributed by atoms with Gasteiger partial charge in [0.1, 0.15) is 11.4 Å². The maximum absolute atomic E-state index is 12.7. The molecule has 2 aliphatic heterocycles. The number of nitrogens with one attached hydrogen (secondary N) is 2. The van der Waals surface area contributed by atoms with Crippen molar-refractivity contribution < 1.29 is 9.53 Å². The van der Waals surface area contributed by atoms with Gasteiger partial charge in [0.2, 0.25) is 0 Å². The van der Waals surface area contributed by atoms with Gasteiger partial charge >= 0.3 is 0 Å². The molecule has 1 aromatic carbocycles. The summed E-state index contributed by atoms with van der Waals surface area (Å²) >= 11 is 0. The average molecular weight is 383 g/mol. The SMILES string of the molecule is CN1CCN([C@H]2COC[C@@H]2NC(=O)c2cnc(-c3ccccc3)[nH]c2=O)CC1. The molecule has 0 bridgehead atoms. The Morgan fingerprint density at radius 2 is 1.93 bits per heavy atom. The van der Waals surface area contributed by atoms with Crippen molar-refractivity contribution in [2.45, 2.75) is 12.1 Å². The van der Waals surface area contributed by atoms with Crippen molar-refractivity contribution in [1.82, 2.24) is 25.1 Å². The second kappa shape index (κ2) is 8.22. The predicted octanol–water partition coefficient (Wildman–Crippen LogP) is 0.182. The zero-order valence-electron chi connectivity index (χ0n) is 15.9. The zero-order chi connectivity index (χ0) is 19.5. The van der Waals surface area contributed by atoms with Crippen molar-refractivity contribution in [3.05, 3.63) is 52.4 Å². The molecule has 2 atom stereocenters. The van der Waals surface area contributed by atoms with Crippen LogP contribution >= 0.6 is 0 Å². The normalized spacial score (nSPS) is 23.6. The smallest absolute Gasteiger partial charge is 0.264 e. The van der Waals surface area contributed by atoms with Crippen LogP contribution < -0.4 is 10.9 Å². The van der Waals surface area contributed by atoms with Crippen LogP contribution in [-0.4, -0.2) is 84.2 Å². The molecular weight excluding hydrogens is 358 g/mol. The molecule has 2 N–H and O–H groups in total. The van der Waals surface area contributed by atoms with Crippen LogP contribution in [0.4, 0.5) is 0 Å². The Labute approximate surface area is 163 Å². The van der Waals surface area contributed by atoms with Crippen molar-refractivity contribution in [3.8, 4) is 11.4 Å². The predicted molar refractivity (Wildman–Crippen MR) is 105 cm³/mol. The lowest BCUT2D eigenvalue weighted by Crippen LogP contribution is -2.56. The van der Waals surface area contributed by atoms with E-state index >= 15 is 0 Å². The van der Waals surface area contributed by atoms with Crippen molar-refractivity contribution in [2.24, 2.45) is 0 Å². The highest BCUT2D eigenvalue weighted by molar-refractivity contribution is 5.93. The van der Waals surface area contributed by atoms with Crippen molar-refractivity contribution >= 4 is 5.91 Å². The van der Waals surface area contributed by atoms with Gasteiger partial charge in [-0.2, -0.15) is 0 Å². The molecule has 1 amide bonds. The summed E-state index contributed by atoms with van der Waals surface area (Å²) in [4.78, 5) is 36.8. The zero-order valence-corrected chi connectivity index (χ0v) is 15.9. The number of carbonyl (C=O) groups excluding carboxylic acids is 1. The fourth-order valence-electron chi connectivity index (χ4n) is 3.74. The molecule has 0 aliphatic carbocycles. The highest BCUT2D eigenvalue weighted by atomic mass is 16.5. The molecule has 28 heavy (non-hydrogen) atoms. The molecule has 2 aromatic rings. The van der Waals surface area contributed by atoms with Gasteiger partial charge in [0, 0.05) is 37.9 Å². The molecule has 0 spiro atoms. The fraction of sp³-hybridized carbons (Fsp3) is 0.450. The average Bonchev–Trinajstić information content (AvgIpc) is 3.17. The van der Waals surface area contributed by atoms with Crippen LogP contribution in [0.3, 0.4) is 0 Å². The number of aromatic amines is 1. The molecule has 2 aliphatic rings. The number of H-pyrrole nitrogens is 1. The Hall–Kier alpha value is -2.55. The van der Waals surface area contributed by atoms with Crippen LogP contribution in [0.15, 0.2) is 41.3 Å². The Morgan fingerprint density at radius 3 is 2.64 bits per heavy atom. The quantitative estimate of drug-likeness (QED) is 0.783. The maximum atomic E-state index is 12.7. The van der Waals surface area contributed by atoms with Crippen LogP contribution in [0, 0.1) is 0 Å². The molecule has 1 aromatic heterocycles. The van der Waals surface area contributed by atoms with Gasteiger partial charge in [-0.1, -0.05) is 30.3 Å². The summed E-state index contributed by atoms with van der Waals surface area (Å²) in [5, 5.41) is 2.97. The number of aromatic nitrogens is 2. The summed E-state index contributed by atoms with van der Waals surface area (Å²) in [6, 6.07) is 9.34. The molecular formula is C20H25N5O3. The maximum Gasteiger partial charge on any atom is 0.264 e. The van der Waals surface area contributed by atoms with Crippen LogP contribution in [-0.2, 0) is 4.74 Å². The minimum atomic E-state index is -0.443. The highest BCUT2D eigenvalue weighted by Crippen LogP contribution is 2.16. The molecule has 148 valence electrons. The first-order valence-electron chi connectivity index (χ1n) is 9.58. The summed E-state index contributed by atoms with van der Waals surface area (Å²) < 4.78 is 5.62. The number of rotatable bonds is 4. The van der Waals surface area contributed by atoms with E-state index in [1.807, 2.05) is 30.3 Å². The molecule has 8 heteroatoms. The second-order valence-electron chi connectivity index (χ2n) is 7.36. The molecule has 4 rings (SSSR count). The summed E-state index contributed by atoms with van der Waals surface area (Å²) in [6.07, 6.45) is 1.34. The van der Waals surface area contributed by atoms with E-state index in [9.17, 15) is 9.59 Å². The lowest BCUT2D eigenvalue weighted by atomic mass is 10.1. The number of piperazine rings is 1. The van der Waals surface area contributed by atoms with Gasteiger partial charge in [0.15, 0.2) is 0 Å². The Bertz CT molecular complexity index is 877. The van der Waals surface area contributed by atoms with Crippen molar-refractivity contribution in [1.29, 1.82) is 0 Å². The van der Waals surface area contributed by atoms with E-state index < -0.39 is 11.5 Å². The molecule has 2 saturated heterocycles. The first kappa shape index (κ1) is 18.8. The second-order valence-corrected chi connectivity index (χ2v) is 7.36. The molecule has 8 nitrogen and oxygen atoms in total. The highest BCUT2D eigenvalue weighted by Gasteiger charge is 2.35. The minimum Gasteiger partial charge on any atom is -0.378 e. The van der Waals surface area contributed by atoms with Gasteiger partial charge in [0.05, 0.1) is 25.3 Å². The van der Waals surface area contributed by atoms with Gasteiger partial charge in [-0.3, -0.25) is 14.5 Å².